The summed E-state index contributed by atoms with van der Waals surface area (Å²) in [4.78, 5) is 0. The van der Waals surface area contributed by atoms with Crippen molar-refractivity contribution in [3.63, 3.8) is 0 Å². The van der Waals surface area contributed by atoms with Crippen molar-refractivity contribution in [2.24, 2.45) is 5.92 Å². The Morgan fingerprint density at radius 1 is 1.29 bits per heavy atom. The van der Waals surface area contributed by atoms with E-state index in [4.69, 9.17) is 4.74 Å². The van der Waals surface area contributed by atoms with Gasteiger partial charge in [-0.25, -0.2) is 4.39 Å². The highest BCUT2D eigenvalue weighted by Gasteiger charge is 2.27. The maximum atomic E-state index is 13.4. The number of hydrogen-bond donors (Lipinski definition) is 1. The highest BCUT2D eigenvalue weighted by Crippen LogP contribution is 2.35. The fourth-order valence-electron chi connectivity index (χ4n) is 2.70. The zero-order chi connectivity index (χ0) is 14.8. The van der Waals surface area contributed by atoms with E-state index in [1.54, 1.807) is 12.1 Å². The molecule has 110 valence electrons. The molecule has 0 saturated carbocycles. The first-order chi connectivity index (χ1) is 10.1. The lowest BCUT2D eigenvalue weighted by molar-refractivity contribution is 0.188. The van der Waals surface area contributed by atoms with Gasteiger partial charge in [-0.1, -0.05) is 41.1 Å². The Balaban J connectivity index is 1.80. The Hall–Kier alpha value is -1.39. The van der Waals surface area contributed by atoms with Crippen LogP contribution < -0.4 is 10.1 Å². The van der Waals surface area contributed by atoms with Crippen LogP contribution in [-0.2, 0) is 6.54 Å². The summed E-state index contributed by atoms with van der Waals surface area (Å²) < 4.78 is 20.0. The number of ether oxygens (including phenoxy) is 1. The van der Waals surface area contributed by atoms with Gasteiger partial charge in [-0.2, -0.15) is 0 Å². The molecule has 0 amide bonds. The van der Waals surface area contributed by atoms with E-state index in [1.165, 1.54) is 11.6 Å². The molecule has 0 saturated heterocycles. The minimum atomic E-state index is -0.213. The summed E-state index contributed by atoms with van der Waals surface area (Å²) >= 11 is 3.47. The first-order valence-electron chi connectivity index (χ1n) is 7.04. The molecule has 2 aromatic rings. The molecule has 1 aliphatic rings. The van der Waals surface area contributed by atoms with Crippen molar-refractivity contribution in [3.05, 3.63) is 63.9 Å². The van der Waals surface area contributed by atoms with E-state index in [-0.39, 0.29) is 11.9 Å². The summed E-state index contributed by atoms with van der Waals surface area (Å²) in [6.07, 6.45) is 0. The predicted molar refractivity (Wildman–Crippen MR) is 84.8 cm³/mol. The molecule has 0 aromatic heterocycles. The largest absolute Gasteiger partial charge is 0.493 e. The SMILES string of the molecule is CC1COc2ccccc2C1NCc1cc(F)ccc1Br. The highest BCUT2D eigenvalue weighted by atomic mass is 79.9. The summed E-state index contributed by atoms with van der Waals surface area (Å²) in [6.45, 7) is 3.47. The summed E-state index contributed by atoms with van der Waals surface area (Å²) in [6, 6.07) is 13.1. The maximum Gasteiger partial charge on any atom is 0.124 e. The third-order valence-electron chi connectivity index (χ3n) is 3.85. The molecule has 21 heavy (non-hydrogen) atoms. The van der Waals surface area contributed by atoms with Crippen molar-refractivity contribution < 1.29 is 9.13 Å². The Bertz CT molecular complexity index is 646. The van der Waals surface area contributed by atoms with E-state index >= 15 is 0 Å². The quantitative estimate of drug-likeness (QED) is 0.883. The lowest BCUT2D eigenvalue weighted by atomic mass is 9.92. The van der Waals surface area contributed by atoms with Gasteiger partial charge in [0.05, 0.1) is 6.61 Å². The van der Waals surface area contributed by atoms with Crippen molar-refractivity contribution in [2.75, 3.05) is 6.61 Å². The fourth-order valence-corrected chi connectivity index (χ4v) is 3.09. The molecule has 3 rings (SSSR count). The number of nitrogens with one attached hydrogen (secondary N) is 1. The molecule has 1 heterocycles. The molecule has 2 unspecified atom stereocenters. The summed E-state index contributed by atoms with van der Waals surface area (Å²) in [5.41, 5.74) is 2.09. The number of halogens is 2. The number of para-hydroxylation sites is 1. The molecule has 2 atom stereocenters. The smallest absolute Gasteiger partial charge is 0.124 e. The van der Waals surface area contributed by atoms with Crippen LogP contribution in [0.5, 0.6) is 5.75 Å². The highest BCUT2D eigenvalue weighted by molar-refractivity contribution is 9.10. The van der Waals surface area contributed by atoms with Gasteiger partial charge in [0.1, 0.15) is 11.6 Å². The van der Waals surface area contributed by atoms with Crippen molar-refractivity contribution in [1.29, 1.82) is 0 Å². The van der Waals surface area contributed by atoms with E-state index in [0.717, 1.165) is 15.8 Å². The van der Waals surface area contributed by atoms with Crippen LogP contribution in [0.25, 0.3) is 0 Å². The Kier molecular flexibility index (Phi) is 4.27. The monoisotopic (exact) mass is 349 g/mol. The number of hydrogen-bond acceptors (Lipinski definition) is 2. The van der Waals surface area contributed by atoms with Crippen LogP contribution in [0.3, 0.4) is 0 Å². The van der Waals surface area contributed by atoms with Crippen molar-refractivity contribution >= 4 is 15.9 Å². The van der Waals surface area contributed by atoms with E-state index in [1.807, 2.05) is 18.2 Å². The Morgan fingerprint density at radius 3 is 2.95 bits per heavy atom. The molecular formula is C17H17BrFNO. The van der Waals surface area contributed by atoms with Crippen molar-refractivity contribution in [2.45, 2.75) is 19.5 Å². The van der Waals surface area contributed by atoms with E-state index in [9.17, 15) is 4.39 Å². The second-order valence-electron chi connectivity index (χ2n) is 5.42. The summed E-state index contributed by atoms with van der Waals surface area (Å²) in [5, 5.41) is 3.54. The minimum Gasteiger partial charge on any atom is -0.493 e. The predicted octanol–water partition coefficient (Wildman–Crippen LogP) is 4.45. The number of rotatable bonds is 3. The Morgan fingerprint density at radius 2 is 2.10 bits per heavy atom. The van der Waals surface area contributed by atoms with Crippen LogP contribution in [0.15, 0.2) is 46.9 Å². The van der Waals surface area contributed by atoms with Crippen LogP contribution in [0, 0.1) is 11.7 Å². The van der Waals surface area contributed by atoms with Crippen molar-refractivity contribution in [3.8, 4) is 5.75 Å². The summed E-state index contributed by atoms with van der Waals surface area (Å²) in [5.74, 6) is 1.09. The van der Waals surface area contributed by atoms with Crippen molar-refractivity contribution in [1.82, 2.24) is 5.32 Å². The Labute approximate surface area is 132 Å². The molecule has 0 radical (unpaired) electrons. The molecule has 1 N–H and O–H groups in total. The normalized spacial score (nSPS) is 20.7. The second kappa shape index (κ2) is 6.16. The van der Waals surface area contributed by atoms with E-state index in [0.29, 0.717) is 19.1 Å². The molecule has 4 heteroatoms. The van der Waals surface area contributed by atoms with Gasteiger partial charge >= 0.3 is 0 Å². The molecule has 2 aromatic carbocycles. The third kappa shape index (κ3) is 3.11. The lowest BCUT2D eigenvalue weighted by Gasteiger charge is -2.32. The van der Waals surface area contributed by atoms with Crippen LogP contribution in [0.2, 0.25) is 0 Å². The topological polar surface area (TPSA) is 21.3 Å². The van der Waals surface area contributed by atoms with Crippen LogP contribution in [0.4, 0.5) is 4.39 Å². The second-order valence-corrected chi connectivity index (χ2v) is 6.27. The molecule has 0 bridgehead atoms. The van der Waals surface area contributed by atoms with E-state index in [2.05, 4.69) is 34.2 Å². The van der Waals surface area contributed by atoms with Gasteiger partial charge in [-0.3, -0.25) is 0 Å². The standard InChI is InChI=1S/C17H17BrFNO/c1-11-10-21-16-5-3-2-4-14(16)17(11)20-9-12-8-13(19)6-7-15(12)18/h2-8,11,17,20H,9-10H2,1H3. The van der Waals surface area contributed by atoms with Crippen LogP contribution >= 0.6 is 15.9 Å². The fraction of sp³-hybridized carbons (Fsp3) is 0.294. The molecule has 2 nitrogen and oxygen atoms in total. The van der Waals surface area contributed by atoms with Gasteiger partial charge in [0.2, 0.25) is 0 Å². The zero-order valence-corrected chi connectivity index (χ0v) is 13.4. The lowest BCUT2D eigenvalue weighted by Crippen LogP contribution is -2.33. The van der Waals surface area contributed by atoms with Gasteiger partial charge in [0.25, 0.3) is 0 Å². The number of benzene rings is 2. The molecule has 0 spiro atoms. The van der Waals surface area contributed by atoms with Gasteiger partial charge in [-0.15, -0.1) is 0 Å². The first-order valence-corrected chi connectivity index (χ1v) is 7.83. The maximum absolute atomic E-state index is 13.4. The molecule has 0 fully saturated rings. The van der Waals surface area contributed by atoms with Gasteiger partial charge < -0.3 is 10.1 Å². The third-order valence-corrected chi connectivity index (χ3v) is 4.62. The average molecular weight is 350 g/mol. The van der Waals surface area contributed by atoms with Gasteiger partial charge in [0.15, 0.2) is 0 Å². The van der Waals surface area contributed by atoms with Crippen LogP contribution in [-0.4, -0.2) is 6.61 Å². The first kappa shape index (κ1) is 14.5. The molecular weight excluding hydrogens is 333 g/mol. The summed E-state index contributed by atoms with van der Waals surface area (Å²) in [7, 11) is 0. The number of fused-ring (bicyclic) bond motifs is 1. The zero-order valence-electron chi connectivity index (χ0n) is 11.8. The molecule has 1 aliphatic heterocycles. The van der Waals surface area contributed by atoms with Gasteiger partial charge in [0, 0.05) is 28.5 Å². The van der Waals surface area contributed by atoms with Crippen LogP contribution in [0.1, 0.15) is 24.1 Å². The minimum absolute atomic E-state index is 0.213. The van der Waals surface area contributed by atoms with E-state index < -0.39 is 0 Å². The van der Waals surface area contributed by atoms with Gasteiger partial charge in [-0.05, 0) is 29.8 Å². The average Bonchev–Trinajstić information content (AvgIpc) is 2.49. The molecule has 0 aliphatic carbocycles.